The zero-order chi connectivity index (χ0) is 8.69. The van der Waals surface area contributed by atoms with Gasteiger partial charge in [-0.3, -0.25) is 0 Å². The summed E-state index contributed by atoms with van der Waals surface area (Å²) in [6, 6.07) is 0.372. The van der Waals surface area contributed by atoms with Crippen molar-refractivity contribution in [2.45, 2.75) is 12.1 Å². The lowest BCUT2D eigenvalue weighted by Crippen LogP contribution is -2.44. The van der Waals surface area contributed by atoms with Gasteiger partial charge in [0, 0.05) is 36.7 Å². The average molecular weight is 232 g/mol. The van der Waals surface area contributed by atoms with Gasteiger partial charge in [-0.1, -0.05) is 0 Å². The minimum atomic E-state index is 0. The Kier molecular flexibility index (Phi) is 12.7. The van der Waals surface area contributed by atoms with Crippen LogP contribution in [0.5, 0.6) is 0 Å². The van der Waals surface area contributed by atoms with Gasteiger partial charge in [-0.05, 0) is 0 Å². The van der Waals surface area contributed by atoms with Crippen LogP contribution in [0.2, 0.25) is 0 Å². The molecule has 0 spiro atoms. The Bertz CT molecular complexity index is 92.9. The number of hydrogen-bond donors (Lipinski definition) is 5. The third kappa shape index (κ3) is 7.52. The fraction of sp³-hybridized carbons (Fsp3) is 1.00. The van der Waals surface area contributed by atoms with E-state index in [1.165, 1.54) is 0 Å². The molecule has 0 unspecified atom stereocenters. The van der Waals surface area contributed by atoms with Gasteiger partial charge in [-0.2, -0.15) is 25.3 Å². The molecule has 2 atom stereocenters. The third-order valence-corrected chi connectivity index (χ3v) is 2.32. The SMILES string of the molecule is Cl.NC[C@H](CS)NC[C@@H](N)CS. The molecule has 6 heteroatoms. The normalized spacial score (nSPS) is 15.0. The van der Waals surface area contributed by atoms with Crippen LogP contribution in [0.25, 0.3) is 0 Å². The minimum Gasteiger partial charge on any atom is -0.329 e. The summed E-state index contributed by atoms with van der Waals surface area (Å²) < 4.78 is 0. The van der Waals surface area contributed by atoms with E-state index in [4.69, 9.17) is 11.5 Å². The van der Waals surface area contributed by atoms with Crippen molar-refractivity contribution < 1.29 is 0 Å². The van der Waals surface area contributed by atoms with Crippen molar-refractivity contribution in [3.8, 4) is 0 Å². The maximum atomic E-state index is 5.63. The van der Waals surface area contributed by atoms with E-state index in [-0.39, 0.29) is 24.5 Å². The monoisotopic (exact) mass is 231 g/mol. The fourth-order valence-electron chi connectivity index (χ4n) is 0.605. The van der Waals surface area contributed by atoms with Gasteiger partial charge in [0.05, 0.1) is 0 Å². The summed E-state index contributed by atoms with van der Waals surface area (Å²) in [6.45, 7) is 1.36. The summed E-state index contributed by atoms with van der Waals surface area (Å²) in [5.74, 6) is 1.44. The van der Waals surface area contributed by atoms with E-state index in [0.29, 0.717) is 12.3 Å². The molecule has 0 fully saturated rings. The van der Waals surface area contributed by atoms with Crippen molar-refractivity contribution in [1.29, 1.82) is 0 Å². The lowest BCUT2D eigenvalue weighted by molar-refractivity contribution is 0.532. The molecule has 0 radical (unpaired) electrons. The van der Waals surface area contributed by atoms with Crippen LogP contribution in [-0.4, -0.2) is 36.7 Å². The molecule has 0 aliphatic rings. The van der Waals surface area contributed by atoms with Crippen LogP contribution in [0.1, 0.15) is 0 Å². The quantitative estimate of drug-likeness (QED) is 0.401. The number of hydrogen-bond acceptors (Lipinski definition) is 5. The van der Waals surface area contributed by atoms with E-state index in [1.807, 2.05) is 0 Å². The van der Waals surface area contributed by atoms with Crippen LogP contribution in [0, 0.1) is 0 Å². The Hall–Kier alpha value is 0.870. The highest BCUT2D eigenvalue weighted by atomic mass is 35.5. The third-order valence-electron chi connectivity index (χ3n) is 1.41. The highest BCUT2D eigenvalue weighted by Gasteiger charge is 2.04. The van der Waals surface area contributed by atoms with Crippen molar-refractivity contribution in [1.82, 2.24) is 5.32 Å². The van der Waals surface area contributed by atoms with Crippen LogP contribution >= 0.6 is 37.7 Å². The molecule has 0 aliphatic heterocycles. The molecule has 0 amide bonds. The molecule has 0 saturated carbocycles. The molecule has 5 N–H and O–H groups in total. The first-order chi connectivity index (χ1) is 5.24. The first-order valence-electron chi connectivity index (χ1n) is 3.65. The molecular formula is C6H18ClN3S2. The van der Waals surface area contributed by atoms with E-state index in [9.17, 15) is 0 Å². The van der Waals surface area contributed by atoms with Gasteiger partial charge in [0.15, 0.2) is 0 Å². The number of nitrogens with one attached hydrogen (secondary N) is 1. The smallest absolute Gasteiger partial charge is 0.0278 e. The number of nitrogens with two attached hydrogens (primary N) is 2. The summed E-state index contributed by atoms with van der Waals surface area (Å²) in [5.41, 5.74) is 11.1. The molecule has 0 saturated heterocycles. The lowest BCUT2D eigenvalue weighted by atomic mass is 10.3. The Morgan fingerprint density at radius 3 is 2.17 bits per heavy atom. The van der Waals surface area contributed by atoms with E-state index >= 15 is 0 Å². The zero-order valence-electron chi connectivity index (χ0n) is 6.94. The minimum absolute atomic E-state index is 0. The van der Waals surface area contributed by atoms with Crippen LogP contribution in [-0.2, 0) is 0 Å². The van der Waals surface area contributed by atoms with Gasteiger partial charge in [-0.25, -0.2) is 0 Å². The highest BCUT2D eigenvalue weighted by Crippen LogP contribution is 1.86. The second-order valence-corrected chi connectivity index (χ2v) is 3.20. The fourth-order valence-corrected chi connectivity index (χ4v) is 1.01. The molecule has 0 aromatic carbocycles. The molecule has 0 aromatic heterocycles. The van der Waals surface area contributed by atoms with Gasteiger partial charge in [0.25, 0.3) is 0 Å². The Labute approximate surface area is 91.3 Å². The number of rotatable bonds is 6. The first kappa shape index (κ1) is 15.3. The largest absolute Gasteiger partial charge is 0.329 e. The van der Waals surface area contributed by atoms with E-state index in [0.717, 1.165) is 12.3 Å². The van der Waals surface area contributed by atoms with Gasteiger partial charge < -0.3 is 16.8 Å². The van der Waals surface area contributed by atoms with E-state index in [2.05, 4.69) is 30.6 Å². The maximum absolute atomic E-state index is 5.63. The predicted molar refractivity (Wildman–Crippen MR) is 63.8 cm³/mol. The second-order valence-electron chi connectivity index (χ2n) is 2.47. The van der Waals surface area contributed by atoms with Crippen molar-refractivity contribution >= 4 is 37.7 Å². The second kappa shape index (κ2) is 9.95. The zero-order valence-corrected chi connectivity index (χ0v) is 9.55. The van der Waals surface area contributed by atoms with Gasteiger partial charge >= 0.3 is 0 Å². The summed E-state index contributed by atoms with van der Waals surface area (Å²) in [4.78, 5) is 0. The number of thiol groups is 2. The maximum Gasteiger partial charge on any atom is 0.0278 e. The molecule has 0 heterocycles. The molecule has 0 aliphatic carbocycles. The lowest BCUT2D eigenvalue weighted by Gasteiger charge is -2.16. The summed E-state index contributed by atoms with van der Waals surface area (Å²) in [7, 11) is 0. The Balaban J connectivity index is 0. The van der Waals surface area contributed by atoms with Crippen molar-refractivity contribution in [2.24, 2.45) is 11.5 Å². The van der Waals surface area contributed by atoms with Crippen LogP contribution < -0.4 is 16.8 Å². The Morgan fingerprint density at radius 1 is 1.25 bits per heavy atom. The van der Waals surface area contributed by atoms with E-state index in [1.54, 1.807) is 0 Å². The standard InChI is InChI=1S/C6H17N3S2.ClH/c7-1-6(4-11)9-2-5(8)3-10;/h5-6,9-11H,1-4,7-8H2;1H/t5-,6-;/m1./s1. The van der Waals surface area contributed by atoms with Crippen molar-refractivity contribution in [2.75, 3.05) is 24.6 Å². The summed E-state index contributed by atoms with van der Waals surface area (Å²) in [5, 5.41) is 3.19. The first-order valence-corrected chi connectivity index (χ1v) is 4.91. The molecule has 3 nitrogen and oxygen atoms in total. The van der Waals surface area contributed by atoms with Crippen molar-refractivity contribution in [3.05, 3.63) is 0 Å². The van der Waals surface area contributed by atoms with Gasteiger partial charge in [-0.15, -0.1) is 12.4 Å². The van der Waals surface area contributed by atoms with Crippen molar-refractivity contribution in [3.63, 3.8) is 0 Å². The van der Waals surface area contributed by atoms with Crippen LogP contribution in [0.3, 0.4) is 0 Å². The predicted octanol–water partition coefficient (Wildman–Crippen LogP) is -0.488. The molecule has 0 rings (SSSR count). The molecule has 0 bridgehead atoms. The van der Waals surface area contributed by atoms with Crippen LogP contribution in [0.4, 0.5) is 0 Å². The van der Waals surface area contributed by atoms with Gasteiger partial charge in [0.2, 0.25) is 0 Å². The van der Waals surface area contributed by atoms with Gasteiger partial charge in [0.1, 0.15) is 0 Å². The summed E-state index contributed by atoms with van der Waals surface area (Å²) in [6.07, 6.45) is 0. The molecule has 12 heavy (non-hydrogen) atoms. The summed E-state index contributed by atoms with van der Waals surface area (Å²) >= 11 is 8.19. The highest BCUT2D eigenvalue weighted by molar-refractivity contribution is 7.80. The average Bonchev–Trinajstić information content (AvgIpc) is 2.06. The Morgan fingerprint density at radius 2 is 1.83 bits per heavy atom. The topological polar surface area (TPSA) is 64.1 Å². The molecule has 0 aromatic rings. The molecular weight excluding hydrogens is 214 g/mol. The number of halogens is 1. The van der Waals surface area contributed by atoms with Crippen LogP contribution in [0.15, 0.2) is 0 Å². The molecule has 76 valence electrons. The van der Waals surface area contributed by atoms with E-state index < -0.39 is 0 Å².